The first-order chi connectivity index (χ1) is 21.5. The van der Waals surface area contributed by atoms with Crippen molar-refractivity contribution in [3.63, 3.8) is 0 Å². The Hall–Kier alpha value is -2.60. The van der Waals surface area contributed by atoms with E-state index in [0.29, 0.717) is 5.41 Å². The van der Waals surface area contributed by atoms with Crippen LogP contribution in [0.4, 0.5) is 0 Å². The van der Waals surface area contributed by atoms with Gasteiger partial charge in [0.05, 0.1) is 0 Å². The average molecular weight is 697 g/mol. The van der Waals surface area contributed by atoms with Crippen LogP contribution in [0.1, 0.15) is 197 Å². The summed E-state index contributed by atoms with van der Waals surface area (Å²) in [5, 5.41) is 0. The molecule has 1 rings (SSSR count). The van der Waals surface area contributed by atoms with E-state index in [0.717, 1.165) is 23.5 Å². The van der Waals surface area contributed by atoms with Crippen LogP contribution in [0.2, 0.25) is 0 Å². The second-order valence-corrected chi connectivity index (χ2v) is 14.7. The van der Waals surface area contributed by atoms with Gasteiger partial charge in [-0.25, -0.2) is 0 Å². The Balaban J connectivity index is -0.0000000758. The lowest BCUT2D eigenvalue weighted by Crippen LogP contribution is -2.15. The van der Waals surface area contributed by atoms with Gasteiger partial charge in [-0.05, 0) is 96.1 Å². The summed E-state index contributed by atoms with van der Waals surface area (Å²) in [7, 11) is 0. The highest BCUT2D eigenvalue weighted by atomic mass is 14.3. The first-order valence-corrected chi connectivity index (χ1v) is 18.2. The van der Waals surface area contributed by atoms with Gasteiger partial charge in [-0.1, -0.05) is 219 Å². The third-order valence-electron chi connectivity index (χ3n) is 7.19. The minimum Gasteiger partial charge on any atom is -0.100 e. The zero-order valence-corrected chi connectivity index (χ0v) is 35.6. The lowest BCUT2D eigenvalue weighted by atomic mass is 9.76. The third kappa shape index (κ3) is 47.5. The molecule has 0 radical (unpaired) electrons. The van der Waals surface area contributed by atoms with Gasteiger partial charge in [-0.2, -0.15) is 0 Å². The van der Waals surface area contributed by atoms with E-state index in [1.807, 2.05) is 53.7 Å². The Kier molecular flexibility index (Phi) is 51.5. The van der Waals surface area contributed by atoms with E-state index in [1.54, 1.807) is 0 Å². The Labute approximate surface area is 321 Å². The van der Waals surface area contributed by atoms with Crippen molar-refractivity contribution in [3.8, 4) is 0 Å². The normalized spacial score (nSPS) is 10.9. The van der Waals surface area contributed by atoms with Gasteiger partial charge in [0.2, 0.25) is 0 Å². The zero-order chi connectivity index (χ0) is 38.4. The predicted molar refractivity (Wildman–Crippen MR) is 247 cm³/mol. The highest BCUT2D eigenvalue weighted by Gasteiger charge is 2.22. The van der Waals surface area contributed by atoms with Crippen molar-refractivity contribution in [1.82, 2.24) is 0 Å². The van der Waals surface area contributed by atoms with Crippen molar-refractivity contribution in [2.24, 2.45) is 11.3 Å². The van der Waals surface area contributed by atoms with Gasteiger partial charge in [0.25, 0.3) is 0 Å². The maximum absolute atomic E-state index is 4.17. The van der Waals surface area contributed by atoms with Crippen LogP contribution in [-0.4, -0.2) is 0 Å². The third-order valence-corrected chi connectivity index (χ3v) is 7.19. The summed E-state index contributed by atoms with van der Waals surface area (Å²) in [4.78, 5) is 0. The summed E-state index contributed by atoms with van der Waals surface area (Å²) >= 11 is 0. The molecule has 1 aromatic rings. The molecule has 0 bridgehead atoms. The van der Waals surface area contributed by atoms with E-state index in [2.05, 4.69) is 153 Å². The molecule has 1 atom stereocenters. The summed E-state index contributed by atoms with van der Waals surface area (Å²) in [6, 6.07) is 8.61. The second kappa shape index (κ2) is 39.2. The first kappa shape index (κ1) is 65.7. The molecule has 1 aromatic carbocycles. The number of rotatable bonds is 10. The minimum atomic E-state index is 0. The van der Waals surface area contributed by atoms with E-state index in [-0.39, 0.29) is 27.7 Å². The molecular weight excluding hydrogens is 601 g/mol. The van der Waals surface area contributed by atoms with E-state index in [9.17, 15) is 0 Å². The lowest BCUT2D eigenvalue weighted by Gasteiger charge is -2.29. The molecule has 0 aromatic heterocycles. The molecule has 0 heteroatoms. The van der Waals surface area contributed by atoms with Crippen LogP contribution in [0.5, 0.6) is 0 Å². The van der Waals surface area contributed by atoms with Crippen molar-refractivity contribution in [3.05, 3.63) is 114 Å². The van der Waals surface area contributed by atoms with Crippen LogP contribution in [0.25, 0.3) is 5.57 Å². The Morgan fingerprint density at radius 1 is 0.800 bits per heavy atom. The van der Waals surface area contributed by atoms with E-state index < -0.39 is 0 Å². The average Bonchev–Trinajstić information content (AvgIpc) is 2.97. The van der Waals surface area contributed by atoms with Crippen molar-refractivity contribution >= 4 is 5.57 Å². The number of allylic oxidation sites excluding steroid dienone is 10. The topological polar surface area (TPSA) is 0 Å². The summed E-state index contributed by atoms with van der Waals surface area (Å²) in [5.74, 6) is 0.884. The monoisotopic (exact) mass is 697 g/mol. The van der Waals surface area contributed by atoms with Crippen LogP contribution in [0, 0.1) is 11.3 Å². The molecular formula is C50H96. The van der Waals surface area contributed by atoms with Gasteiger partial charge >= 0.3 is 0 Å². The summed E-state index contributed by atoms with van der Waals surface area (Å²) in [6.45, 7) is 56.0. The highest BCUT2D eigenvalue weighted by molar-refractivity contribution is 5.62. The van der Waals surface area contributed by atoms with Crippen LogP contribution < -0.4 is 0 Å². The molecule has 0 aliphatic heterocycles. The largest absolute Gasteiger partial charge is 0.100 e. The van der Waals surface area contributed by atoms with Crippen molar-refractivity contribution in [2.45, 2.75) is 191 Å². The van der Waals surface area contributed by atoms with Crippen LogP contribution in [-0.2, 0) is 5.41 Å². The molecule has 0 amide bonds. The summed E-state index contributed by atoms with van der Waals surface area (Å²) in [6.07, 6.45) is 14.5. The molecule has 0 saturated heterocycles. The maximum atomic E-state index is 4.17. The molecule has 0 aliphatic carbocycles. The van der Waals surface area contributed by atoms with Crippen LogP contribution in [0.15, 0.2) is 103 Å². The molecule has 0 aliphatic rings. The van der Waals surface area contributed by atoms with E-state index in [4.69, 9.17) is 0 Å². The van der Waals surface area contributed by atoms with Gasteiger partial charge in [-0.15, -0.1) is 6.58 Å². The predicted octanol–water partition coefficient (Wildman–Crippen LogP) is 18.8. The molecule has 0 heterocycles. The fourth-order valence-electron chi connectivity index (χ4n) is 3.51. The smallest absolute Gasteiger partial charge is 0.0132 e. The van der Waals surface area contributed by atoms with Gasteiger partial charge in [-0.3, -0.25) is 0 Å². The highest BCUT2D eigenvalue weighted by Crippen LogP contribution is 2.35. The molecule has 0 spiro atoms. The molecule has 50 heavy (non-hydrogen) atoms. The first-order valence-electron chi connectivity index (χ1n) is 18.2. The lowest BCUT2D eigenvalue weighted by molar-refractivity contribution is 0.280. The van der Waals surface area contributed by atoms with Gasteiger partial charge in [0.1, 0.15) is 0 Å². The summed E-state index contributed by atoms with van der Waals surface area (Å²) < 4.78 is 0. The molecule has 1 unspecified atom stereocenters. The SMILES string of the molecule is C.C.C.C=C(C)/C=C\C=C(C)C.C=C(C)C.C=C(C)c1cccc(C(C)(C)C)c1.C=C(CC(C)(CC)CCC)/C(C)=C\C.CC.CCC(C)C. The van der Waals surface area contributed by atoms with Gasteiger partial charge < -0.3 is 0 Å². The van der Waals surface area contributed by atoms with Crippen molar-refractivity contribution in [2.75, 3.05) is 0 Å². The van der Waals surface area contributed by atoms with Gasteiger partial charge in [0.15, 0.2) is 0 Å². The number of hydrogen-bond acceptors (Lipinski definition) is 0. The Morgan fingerprint density at radius 3 is 1.52 bits per heavy atom. The molecule has 0 N–H and O–H groups in total. The molecule has 0 nitrogen and oxygen atoms in total. The second-order valence-electron chi connectivity index (χ2n) is 14.7. The van der Waals surface area contributed by atoms with E-state index in [1.165, 1.54) is 59.1 Å². The standard InChI is InChI=1S/C14H26.C13H18.C9H14.C5H12.C4H8.C2H6.3CH4/c1-7-10-14(6,9-3)11-13(5)12(4)8-2;1-10(2)11-7-6-8-12(9-11)13(3,4)5;1-8(2)6-5-7-9(3)4;1-4-5(2)3;1-4(2)3;1-2;;;/h8H,5,7,9-11H2,1-4,6H3;6-9H,1H2,2-5H3;5-7H,1H2,2-4H3;5H,4H2,1-3H3;1H2,2-3H3;1-2H3;3*1H4/b12-8-;;6-5-;;;;;;. The zero-order valence-electron chi connectivity index (χ0n) is 35.6. The summed E-state index contributed by atoms with van der Waals surface area (Å²) in [5.41, 5.74) is 10.7. The molecule has 0 saturated carbocycles. The van der Waals surface area contributed by atoms with E-state index >= 15 is 0 Å². The minimum absolute atomic E-state index is 0. The van der Waals surface area contributed by atoms with Crippen molar-refractivity contribution in [1.29, 1.82) is 0 Å². The Bertz CT molecular complexity index is 1050. The molecule has 0 fully saturated rings. The van der Waals surface area contributed by atoms with Crippen LogP contribution >= 0.6 is 0 Å². The fraction of sp³-hybridized carbons (Fsp3) is 0.600. The van der Waals surface area contributed by atoms with Gasteiger partial charge in [0, 0.05) is 0 Å². The fourth-order valence-corrected chi connectivity index (χ4v) is 3.51. The number of benzene rings is 1. The Morgan fingerprint density at radius 2 is 1.24 bits per heavy atom. The van der Waals surface area contributed by atoms with Crippen molar-refractivity contribution < 1.29 is 0 Å². The quantitative estimate of drug-likeness (QED) is 0.169. The molecule has 296 valence electrons. The van der Waals surface area contributed by atoms with Crippen LogP contribution in [0.3, 0.4) is 0 Å². The maximum Gasteiger partial charge on any atom is -0.0132 e. The number of hydrogen-bond donors (Lipinski definition) is 0.